The average molecular weight is 379 g/mol. The Morgan fingerprint density at radius 3 is 2.25 bits per heavy atom. The van der Waals surface area contributed by atoms with Gasteiger partial charge in [-0.2, -0.15) is 0 Å². The molecule has 1 saturated carbocycles. The molecule has 6 nitrogen and oxygen atoms in total. The van der Waals surface area contributed by atoms with Gasteiger partial charge in [0.05, 0.1) is 12.1 Å². The standard InChI is InChI=1S/C22H21NO5/c24-17(10-11-18(25)26)19-20(27)16-9-8-15(14-6-2-1-3-7-14)23(16)22(21(19)28)12-4-5-13-22/h1-3,6-9,27H,4-5,10-13H2,(H,25,26). The predicted octanol–water partition coefficient (Wildman–Crippen LogP) is 3.71. The number of allylic oxidation sites excluding steroid dienone is 1. The summed E-state index contributed by atoms with van der Waals surface area (Å²) >= 11 is 0. The van der Waals surface area contributed by atoms with E-state index in [-0.39, 0.29) is 24.2 Å². The highest BCUT2D eigenvalue weighted by atomic mass is 16.4. The molecule has 1 aromatic heterocycles. The number of carbonyl (C=O) groups excluding carboxylic acids is 2. The second-order valence-corrected chi connectivity index (χ2v) is 7.41. The van der Waals surface area contributed by atoms with Crippen LogP contribution in [-0.2, 0) is 19.9 Å². The summed E-state index contributed by atoms with van der Waals surface area (Å²) in [5.41, 5.74) is 1.06. The van der Waals surface area contributed by atoms with Crippen LogP contribution in [0.3, 0.4) is 0 Å². The van der Waals surface area contributed by atoms with Crippen LogP contribution in [0.2, 0.25) is 0 Å². The van der Waals surface area contributed by atoms with Gasteiger partial charge in [-0.3, -0.25) is 14.4 Å². The van der Waals surface area contributed by atoms with E-state index in [1.54, 1.807) is 6.07 Å². The maximum atomic E-state index is 13.5. The molecule has 0 amide bonds. The maximum Gasteiger partial charge on any atom is 0.303 e. The summed E-state index contributed by atoms with van der Waals surface area (Å²) in [6, 6.07) is 13.2. The second-order valence-electron chi connectivity index (χ2n) is 7.41. The maximum absolute atomic E-state index is 13.5. The van der Waals surface area contributed by atoms with Crippen LogP contribution in [0.5, 0.6) is 0 Å². The molecule has 2 N–H and O–H groups in total. The van der Waals surface area contributed by atoms with E-state index in [4.69, 9.17) is 5.11 Å². The highest BCUT2D eigenvalue weighted by Crippen LogP contribution is 2.48. The molecule has 28 heavy (non-hydrogen) atoms. The van der Waals surface area contributed by atoms with Crippen molar-refractivity contribution in [2.45, 2.75) is 44.1 Å². The number of aliphatic hydroxyl groups is 1. The van der Waals surface area contributed by atoms with E-state index < -0.39 is 23.1 Å². The van der Waals surface area contributed by atoms with Gasteiger partial charge in [0.2, 0.25) is 0 Å². The number of Topliss-reactive ketones (excluding diaryl/α,β-unsaturated/α-hetero) is 2. The molecule has 0 unspecified atom stereocenters. The van der Waals surface area contributed by atoms with Crippen molar-refractivity contribution in [2.24, 2.45) is 0 Å². The lowest BCUT2D eigenvalue weighted by atomic mass is 9.80. The first-order valence-corrected chi connectivity index (χ1v) is 9.47. The van der Waals surface area contributed by atoms with Crippen molar-refractivity contribution in [3.8, 4) is 11.3 Å². The van der Waals surface area contributed by atoms with Crippen molar-refractivity contribution in [1.29, 1.82) is 0 Å². The Morgan fingerprint density at radius 1 is 0.964 bits per heavy atom. The van der Waals surface area contributed by atoms with Gasteiger partial charge in [0, 0.05) is 12.1 Å². The molecule has 1 aliphatic heterocycles. The van der Waals surface area contributed by atoms with Crippen LogP contribution in [-0.4, -0.2) is 32.3 Å². The van der Waals surface area contributed by atoms with Crippen molar-refractivity contribution in [3.05, 3.63) is 53.7 Å². The zero-order valence-corrected chi connectivity index (χ0v) is 15.4. The largest absolute Gasteiger partial charge is 0.505 e. The van der Waals surface area contributed by atoms with Crippen molar-refractivity contribution in [2.75, 3.05) is 0 Å². The van der Waals surface area contributed by atoms with Gasteiger partial charge in [0.15, 0.2) is 17.3 Å². The molecule has 1 spiro atoms. The number of hydrogen-bond donors (Lipinski definition) is 2. The van der Waals surface area contributed by atoms with Crippen molar-refractivity contribution < 1.29 is 24.6 Å². The van der Waals surface area contributed by atoms with Gasteiger partial charge in [0.25, 0.3) is 0 Å². The third kappa shape index (κ3) is 2.68. The van der Waals surface area contributed by atoms with Crippen molar-refractivity contribution >= 4 is 23.3 Å². The molecule has 0 atom stereocenters. The number of fused-ring (bicyclic) bond motifs is 2. The number of nitrogens with zero attached hydrogens (tertiary/aromatic N) is 1. The molecule has 0 bridgehead atoms. The van der Waals surface area contributed by atoms with E-state index in [1.165, 1.54) is 0 Å². The summed E-state index contributed by atoms with van der Waals surface area (Å²) < 4.78 is 1.89. The molecular formula is C22H21NO5. The number of carboxylic acids is 1. The van der Waals surface area contributed by atoms with Crippen LogP contribution in [0.1, 0.15) is 44.2 Å². The van der Waals surface area contributed by atoms with Crippen LogP contribution in [0.4, 0.5) is 0 Å². The fourth-order valence-electron chi connectivity index (χ4n) is 4.50. The Balaban J connectivity index is 1.89. The minimum absolute atomic E-state index is 0.242. The number of carboxylic acid groups (broad SMARTS) is 1. The van der Waals surface area contributed by atoms with E-state index in [9.17, 15) is 19.5 Å². The SMILES string of the molecule is O=C(O)CCC(=O)C1=C(O)c2ccc(-c3ccccc3)n2C2(CCCC2)C1=O. The van der Waals surface area contributed by atoms with Crippen LogP contribution in [0.15, 0.2) is 48.0 Å². The Kier molecular flexibility index (Phi) is 4.41. The molecule has 0 radical (unpaired) electrons. The Bertz CT molecular complexity index is 993. The molecular weight excluding hydrogens is 358 g/mol. The normalized spacial score (nSPS) is 17.8. The number of rotatable bonds is 5. The summed E-state index contributed by atoms with van der Waals surface area (Å²) in [5, 5.41) is 19.7. The Hall–Kier alpha value is -3.15. The van der Waals surface area contributed by atoms with Crippen LogP contribution >= 0.6 is 0 Å². The number of benzene rings is 1. The minimum Gasteiger partial charge on any atom is -0.505 e. The van der Waals surface area contributed by atoms with E-state index in [2.05, 4.69) is 0 Å². The lowest BCUT2D eigenvalue weighted by Crippen LogP contribution is -2.46. The second kappa shape index (κ2) is 6.78. The smallest absolute Gasteiger partial charge is 0.303 e. The highest BCUT2D eigenvalue weighted by molar-refractivity contribution is 6.28. The summed E-state index contributed by atoms with van der Waals surface area (Å²) in [6.07, 6.45) is 2.23. The molecule has 2 heterocycles. The first-order valence-electron chi connectivity index (χ1n) is 9.47. The zero-order chi connectivity index (χ0) is 19.9. The van der Waals surface area contributed by atoms with Gasteiger partial charge in [-0.05, 0) is 30.5 Å². The van der Waals surface area contributed by atoms with Crippen LogP contribution in [0.25, 0.3) is 17.0 Å². The van der Waals surface area contributed by atoms with Crippen LogP contribution in [0, 0.1) is 0 Å². The molecule has 2 aromatic rings. The van der Waals surface area contributed by atoms with Gasteiger partial charge < -0.3 is 14.8 Å². The fraction of sp³-hybridized carbons (Fsp3) is 0.318. The Labute approximate surface area is 162 Å². The number of aliphatic hydroxyl groups excluding tert-OH is 1. The predicted molar refractivity (Wildman–Crippen MR) is 103 cm³/mol. The molecule has 1 aliphatic carbocycles. The molecule has 0 saturated heterocycles. The number of ketones is 2. The topological polar surface area (TPSA) is 96.6 Å². The monoisotopic (exact) mass is 379 g/mol. The number of hydrogen-bond acceptors (Lipinski definition) is 4. The van der Waals surface area contributed by atoms with E-state index >= 15 is 0 Å². The first kappa shape index (κ1) is 18.2. The van der Waals surface area contributed by atoms with Gasteiger partial charge in [-0.1, -0.05) is 43.2 Å². The quantitative estimate of drug-likeness (QED) is 0.772. The van der Waals surface area contributed by atoms with Gasteiger partial charge in [-0.15, -0.1) is 0 Å². The summed E-state index contributed by atoms with van der Waals surface area (Å²) in [5.74, 6) is -2.45. The average Bonchev–Trinajstić information content (AvgIpc) is 3.34. The molecule has 2 aliphatic rings. The highest BCUT2D eigenvalue weighted by Gasteiger charge is 2.51. The zero-order valence-electron chi connectivity index (χ0n) is 15.4. The van der Waals surface area contributed by atoms with E-state index in [0.29, 0.717) is 18.5 Å². The molecule has 1 fully saturated rings. The number of aromatic nitrogens is 1. The molecule has 1 aromatic carbocycles. The first-order chi connectivity index (χ1) is 13.5. The lowest BCUT2D eigenvalue weighted by Gasteiger charge is -2.37. The fourth-order valence-corrected chi connectivity index (χ4v) is 4.50. The van der Waals surface area contributed by atoms with Gasteiger partial charge in [-0.25, -0.2) is 0 Å². The van der Waals surface area contributed by atoms with Gasteiger partial charge in [0.1, 0.15) is 11.1 Å². The number of aliphatic carboxylic acids is 1. The van der Waals surface area contributed by atoms with Crippen molar-refractivity contribution in [1.82, 2.24) is 4.57 Å². The third-order valence-electron chi connectivity index (χ3n) is 5.78. The van der Waals surface area contributed by atoms with Crippen molar-refractivity contribution in [3.63, 3.8) is 0 Å². The summed E-state index contributed by atoms with van der Waals surface area (Å²) in [4.78, 5) is 37.0. The van der Waals surface area contributed by atoms with E-state index in [0.717, 1.165) is 24.1 Å². The van der Waals surface area contributed by atoms with Crippen LogP contribution < -0.4 is 0 Å². The van der Waals surface area contributed by atoms with E-state index in [1.807, 2.05) is 41.0 Å². The summed E-state index contributed by atoms with van der Waals surface area (Å²) in [6.45, 7) is 0. The third-order valence-corrected chi connectivity index (χ3v) is 5.78. The lowest BCUT2D eigenvalue weighted by molar-refractivity contribution is -0.138. The molecule has 144 valence electrons. The Morgan fingerprint density at radius 2 is 1.61 bits per heavy atom. The molecule has 6 heteroatoms. The summed E-state index contributed by atoms with van der Waals surface area (Å²) in [7, 11) is 0. The van der Waals surface area contributed by atoms with Gasteiger partial charge >= 0.3 is 5.97 Å². The number of carbonyl (C=O) groups is 3. The molecule has 4 rings (SSSR count). The minimum atomic E-state index is -1.11.